The number of aryl methyl sites for hydroxylation is 1. The van der Waals surface area contributed by atoms with Crippen LogP contribution in [0.1, 0.15) is 54.8 Å². The molecule has 0 saturated carbocycles. The van der Waals surface area contributed by atoms with Crippen LogP contribution in [0.15, 0.2) is 18.3 Å². The molecule has 7 heteroatoms. The number of ether oxygens (including phenoxy) is 1. The molecule has 0 aliphatic carbocycles. The molecule has 2 rings (SSSR count). The number of carbonyl (C=O) groups is 1. The van der Waals surface area contributed by atoms with E-state index in [1.54, 1.807) is 23.0 Å². The van der Waals surface area contributed by atoms with Gasteiger partial charge in [-0.15, -0.1) is 0 Å². The highest BCUT2D eigenvalue weighted by molar-refractivity contribution is 6.05. The highest BCUT2D eigenvalue weighted by Crippen LogP contribution is 2.20. The first kappa shape index (κ1) is 17.5. The summed E-state index contributed by atoms with van der Waals surface area (Å²) >= 11 is 0. The van der Waals surface area contributed by atoms with Gasteiger partial charge in [0.2, 0.25) is 5.88 Å². The van der Waals surface area contributed by atoms with Gasteiger partial charge >= 0.3 is 0 Å². The zero-order valence-electron chi connectivity index (χ0n) is 14.3. The van der Waals surface area contributed by atoms with E-state index in [1.165, 1.54) is 0 Å². The fraction of sp³-hybridized carbons (Fsp3) is 0.412. The molecule has 0 aromatic carbocycles. The normalized spacial score (nSPS) is 10.5. The van der Waals surface area contributed by atoms with E-state index in [0.29, 0.717) is 17.7 Å². The Labute approximate surface area is 141 Å². The van der Waals surface area contributed by atoms with E-state index >= 15 is 0 Å². The van der Waals surface area contributed by atoms with Crippen LogP contribution in [-0.2, 0) is 0 Å². The first-order valence-electron chi connectivity index (χ1n) is 7.87. The van der Waals surface area contributed by atoms with Crippen LogP contribution in [0.5, 0.6) is 5.88 Å². The topological polar surface area (TPSA) is 92.8 Å². The Balaban J connectivity index is 2.29. The van der Waals surface area contributed by atoms with Crippen LogP contribution in [-0.4, -0.2) is 27.3 Å². The maximum absolute atomic E-state index is 12.6. The molecule has 1 N–H and O–H groups in total. The van der Waals surface area contributed by atoms with Gasteiger partial charge in [-0.3, -0.25) is 9.48 Å². The second-order valence-electron chi connectivity index (χ2n) is 5.68. The second kappa shape index (κ2) is 7.59. The van der Waals surface area contributed by atoms with Gasteiger partial charge < -0.3 is 10.1 Å². The van der Waals surface area contributed by atoms with Gasteiger partial charge in [0.25, 0.3) is 5.91 Å². The van der Waals surface area contributed by atoms with Gasteiger partial charge in [-0.1, -0.05) is 6.92 Å². The average molecular weight is 327 g/mol. The summed E-state index contributed by atoms with van der Waals surface area (Å²) in [5, 5.41) is 16.1. The maximum atomic E-state index is 12.6. The minimum atomic E-state index is -0.404. The van der Waals surface area contributed by atoms with Gasteiger partial charge in [0.1, 0.15) is 17.2 Å². The van der Waals surface area contributed by atoms with E-state index in [2.05, 4.69) is 15.4 Å². The van der Waals surface area contributed by atoms with Crippen LogP contribution < -0.4 is 10.1 Å². The molecule has 0 aliphatic rings. The Morgan fingerprint density at radius 1 is 1.46 bits per heavy atom. The largest absolute Gasteiger partial charge is 0.477 e. The zero-order valence-corrected chi connectivity index (χ0v) is 14.3. The van der Waals surface area contributed by atoms with Gasteiger partial charge in [-0.2, -0.15) is 10.4 Å². The molecule has 0 spiro atoms. The van der Waals surface area contributed by atoms with Gasteiger partial charge in [0.05, 0.1) is 6.61 Å². The molecule has 24 heavy (non-hydrogen) atoms. The Hall–Kier alpha value is -2.88. The fourth-order valence-electron chi connectivity index (χ4n) is 2.02. The van der Waals surface area contributed by atoms with Crippen molar-refractivity contribution in [1.82, 2.24) is 14.8 Å². The van der Waals surface area contributed by atoms with Crippen LogP contribution in [0, 0.1) is 18.3 Å². The van der Waals surface area contributed by atoms with E-state index < -0.39 is 5.91 Å². The summed E-state index contributed by atoms with van der Waals surface area (Å²) in [4.78, 5) is 16.8. The number of pyridine rings is 1. The molecule has 2 aromatic rings. The minimum absolute atomic E-state index is 0.0900. The monoisotopic (exact) mass is 327 g/mol. The molecule has 0 saturated heterocycles. The zero-order chi connectivity index (χ0) is 17.7. The highest BCUT2D eigenvalue weighted by Gasteiger charge is 2.18. The number of aromatic nitrogens is 3. The third-order valence-electron chi connectivity index (χ3n) is 3.30. The van der Waals surface area contributed by atoms with Crippen LogP contribution >= 0.6 is 0 Å². The average Bonchev–Trinajstić information content (AvgIpc) is 2.96. The summed E-state index contributed by atoms with van der Waals surface area (Å²) < 4.78 is 7.20. The number of anilines is 1. The molecule has 1 amide bonds. The summed E-state index contributed by atoms with van der Waals surface area (Å²) in [5.74, 6) is 0.119. The lowest BCUT2D eigenvalue weighted by Crippen LogP contribution is -2.16. The number of rotatable bonds is 6. The lowest BCUT2D eigenvalue weighted by atomic mass is 10.2. The molecular formula is C17H21N5O2. The predicted octanol–water partition coefficient (Wildman–Crippen LogP) is 3.08. The van der Waals surface area contributed by atoms with E-state index in [-0.39, 0.29) is 17.7 Å². The molecular weight excluding hydrogens is 306 g/mol. The first-order valence-corrected chi connectivity index (χ1v) is 7.87. The molecule has 0 aliphatic heterocycles. The van der Waals surface area contributed by atoms with E-state index in [4.69, 9.17) is 4.74 Å². The number of carbonyl (C=O) groups excluding carboxylic acids is 1. The SMILES string of the molecule is CCCOc1nc(C)ccc1C(=O)Nc1nn(C(C)C)cc1C#N. The van der Waals surface area contributed by atoms with Crippen molar-refractivity contribution in [3.8, 4) is 11.9 Å². The fourth-order valence-corrected chi connectivity index (χ4v) is 2.02. The smallest absolute Gasteiger partial charge is 0.262 e. The third-order valence-corrected chi connectivity index (χ3v) is 3.30. The number of hydrogen-bond donors (Lipinski definition) is 1. The second-order valence-corrected chi connectivity index (χ2v) is 5.68. The van der Waals surface area contributed by atoms with Crippen molar-refractivity contribution < 1.29 is 9.53 Å². The molecule has 0 radical (unpaired) electrons. The van der Waals surface area contributed by atoms with E-state index in [0.717, 1.165) is 12.1 Å². The van der Waals surface area contributed by atoms with Crippen LogP contribution in [0.25, 0.3) is 0 Å². The van der Waals surface area contributed by atoms with Crippen LogP contribution in [0.3, 0.4) is 0 Å². The van der Waals surface area contributed by atoms with Crippen molar-refractivity contribution in [3.63, 3.8) is 0 Å². The van der Waals surface area contributed by atoms with Gasteiger partial charge in [-0.05, 0) is 39.3 Å². The molecule has 2 heterocycles. The summed E-state index contributed by atoms with van der Waals surface area (Å²) in [6, 6.07) is 5.53. The van der Waals surface area contributed by atoms with Crippen molar-refractivity contribution in [2.45, 2.75) is 40.2 Å². The number of amides is 1. The van der Waals surface area contributed by atoms with Crippen molar-refractivity contribution in [1.29, 1.82) is 5.26 Å². The summed E-state index contributed by atoms with van der Waals surface area (Å²) in [6.07, 6.45) is 2.43. The van der Waals surface area contributed by atoms with Crippen molar-refractivity contribution in [2.75, 3.05) is 11.9 Å². The molecule has 0 unspecified atom stereocenters. The Morgan fingerprint density at radius 2 is 2.21 bits per heavy atom. The number of nitrogens with zero attached hydrogens (tertiary/aromatic N) is 4. The third kappa shape index (κ3) is 3.90. The Morgan fingerprint density at radius 3 is 2.83 bits per heavy atom. The first-order chi connectivity index (χ1) is 11.5. The lowest BCUT2D eigenvalue weighted by molar-refractivity contribution is 0.102. The highest BCUT2D eigenvalue weighted by atomic mass is 16.5. The van der Waals surface area contributed by atoms with Crippen LogP contribution in [0.2, 0.25) is 0 Å². The minimum Gasteiger partial charge on any atom is -0.477 e. The number of hydrogen-bond acceptors (Lipinski definition) is 5. The molecule has 126 valence electrons. The summed E-state index contributed by atoms with van der Waals surface area (Å²) in [7, 11) is 0. The van der Waals surface area contributed by atoms with Gasteiger partial charge in [-0.25, -0.2) is 4.98 Å². The lowest BCUT2D eigenvalue weighted by Gasteiger charge is -2.10. The molecule has 0 atom stereocenters. The van der Waals surface area contributed by atoms with E-state index in [9.17, 15) is 10.1 Å². The standard InChI is InChI=1S/C17H21N5O2/c1-5-8-24-17-14(7-6-12(4)19-17)16(23)20-15-13(9-18)10-22(21-15)11(2)3/h6-7,10-11H,5,8H2,1-4H3,(H,20,21,23). The molecule has 0 fully saturated rings. The van der Waals surface area contributed by atoms with Gasteiger partial charge in [0.15, 0.2) is 5.82 Å². The Kier molecular flexibility index (Phi) is 5.53. The summed E-state index contributed by atoms with van der Waals surface area (Å²) in [6.45, 7) is 8.18. The predicted molar refractivity (Wildman–Crippen MR) is 90.0 cm³/mol. The molecule has 2 aromatic heterocycles. The summed E-state index contributed by atoms with van der Waals surface area (Å²) in [5.41, 5.74) is 1.39. The van der Waals surface area contributed by atoms with Crippen LogP contribution in [0.4, 0.5) is 5.82 Å². The van der Waals surface area contributed by atoms with Gasteiger partial charge in [0, 0.05) is 17.9 Å². The molecule has 0 bridgehead atoms. The number of nitriles is 1. The van der Waals surface area contributed by atoms with E-state index in [1.807, 2.05) is 33.8 Å². The maximum Gasteiger partial charge on any atom is 0.262 e. The van der Waals surface area contributed by atoms with Crippen molar-refractivity contribution in [3.05, 3.63) is 35.2 Å². The van der Waals surface area contributed by atoms with Crippen molar-refractivity contribution in [2.24, 2.45) is 0 Å². The Bertz CT molecular complexity index is 774. The quantitative estimate of drug-likeness (QED) is 0.880. The number of nitrogens with one attached hydrogen (secondary N) is 1. The molecule has 7 nitrogen and oxygen atoms in total. The van der Waals surface area contributed by atoms with Crippen molar-refractivity contribution >= 4 is 11.7 Å².